The van der Waals surface area contributed by atoms with Gasteiger partial charge in [0.15, 0.2) is 0 Å². The minimum Gasteiger partial charge on any atom is -0.469 e. The zero-order valence-corrected chi connectivity index (χ0v) is 11.4. The number of aromatic nitrogens is 1. The van der Waals surface area contributed by atoms with Crippen molar-refractivity contribution in [2.24, 2.45) is 0 Å². The van der Waals surface area contributed by atoms with Crippen molar-refractivity contribution in [3.05, 3.63) is 29.6 Å². The zero-order valence-electron chi connectivity index (χ0n) is 11.4. The van der Waals surface area contributed by atoms with Gasteiger partial charge < -0.3 is 10.1 Å². The van der Waals surface area contributed by atoms with Gasteiger partial charge in [0.25, 0.3) is 5.91 Å². The zero-order chi connectivity index (χ0) is 14.1. The van der Waals surface area contributed by atoms with Gasteiger partial charge >= 0.3 is 5.97 Å². The molecule has 0 radical (unpaired) electrons. The molecule has 0 aliphatic rings. The van der Waals surface area contributed by atoms with Gasteiger partial charge in [-0.05, 0) is 31.4 Å². The number of nitrogens with one attached hydrogen (secondary N) is 1. The van der Waals surface area contributed by atoms with Crippen LogP contribution in [0.25, 0.3) is 0 Å². The predicted molar refractivity (Wildman–Crippen MR) is 71.8 cm³/mol. The highest BCUT2D eigenvalue weighted by Gasteiger charge is 2.08. The Morgan fingerprint density at radius 1 is 1.32 bits per heavy atom. The van der Waals surface area contributed by atoms with Crippen molar-refractivity contribution < 1.29 is 14.3 Å². The standard InChI is InChI=1S/C14H20N2O3/c1-11-7-6-10-15-13(11)14(18)16-9-5-3-4-8-12(17)19-2/h6-7,10H,3-5,8-9H2,1-2H3,(H,16,18). The first kappa shape index (κ1) is 15.1. The summed E-state index contributed by atoms with van der Waals surface area (Å²) in [4.78, 5) is 26.7. The maximum atomic E-state index is 11.8. The molecule has 0 fully saturated rings. The molecule has 1 aromatic heterocycles. The summed E-state index contributed by atoms with van der Waals surface area (Å²) in [5, 5.41) is 2.82. The number of rotatable bonds is 7. The van der Waals surface area contributed by atoms with Gasteiger partial charge in [0.2, 0.25) is 0 Å². The number of methoxy groups -OCH3 is 1. The molecule has 0 atom stereocenters. The Morgan fingerprint density at radius 2 is 2.11 bits per heavy atom. The van der Waals surface area contributed by atoms with Crippen LogP contribution >= 0.6 is 0 Å². The molecule has 0 unspecified atom stereocenters. The van der Waals surface area contributed by atoms with Crippen molar-refractivity contribution in [2.75, 3.05) is 13.7 Å². The number of unbranched alkanes of at least 4 members (excludes halogenated alkanes) is 2. The molecule has 1 amide bonds. The number of nitrogens with zero attached hydrogens (tertiary/aromatic N) is 1. The van der Waals surface area contributed by atoms with Crippen LogP contribution in [0.5, 0.6) is 0 Å². The lowest BCUT2D eigenvalue weighted by Gasteiger charge is -2.06. The first-order valence-corrected chi connectivity index (χ1v) is 6.41. The highest BCUT2D eigenvalue weighted by atomic mass is 16.5. The molecule has 0 bridgehead atoms. The molecule has 0 aromatic carbocycles. The number of hydrogen-bond donors (Lipinski definition) is 1. The molecule has 104 valence electrons. The molecule has 5 heteroatoms. The van der Waals surface area contributed by atoms with Crippen LogP contribution in [0.4, 0.5) is 0 Å². The summed E-state index contributed by atoms with van der Waals surface area (Å²) in [6.07, 6.45) is 4.55. The average molecular weight is 264 g/mol. The van der Waals surface area contributed by atoms with E-state index in [9.17, 15) is 9.59 Å². The minimum atomic E-state index is -0.187. The quantitative estimate of drug-likeness (QED) is 0.603. The molecule has 0 saturated heterocycles. The van der Waals surface area contributed by atoms with Gasteiger partial charge in [-0.15, -0.1) is 0 Å². The minimum absolute atomic E-state index is 0.147. The fraction of sp³-hybridized carbons (Fsp3) is 0.500. The van der Waals surface area contributed by atoms with Gasteiger partial charge in [-0.2, -0.15) is 0 Å². The van der Waals surface area contributed by atoms with E-state index in [4.69, 9.17) is 0 Å². The number of hydrogen-bond acceptors (Lipinski definition) is 4. The summed E-state index contributed by atoms with van der Waals surface area (Å²) in [5.41, 5.74) is 1.34. The van der Waals surface area contributed by atoms with Crippen molar-refractivity contribution in [1.29, 1.82) is 0 Å². The number of amides is 1. The molecular formula is C14H20N2O3. The molecule has 1 rings (SSSR count). The largest absolute Gasteiger partial charge is 0.469 e. The summed E-state index contributed by atoms with van der Waals surface area (Å²) in [6, 6.07) is 3.66. The summed E-state index contributed by atoms with van der Waals surface area (Å²) in [6.45, 7) is 2.45. The molecule has 0 spiro atoms. The summed E-state index contributed by atoms with van der Waals surface area (Å²) >= 11 is 0. The molecular weight excluding hydrogens is 244 g/mol. The Hall–Kier alpha value is -1.91. The third-order valence-electron chi connectivity index (χ3n) is 2.80. The van der Waals surface area contributed by atoms with Crippen LogP contribution in [0, 0.1) is 6.92 Å². The number of carbonyl (C=O) groups is 2. The van der Waals surface area contributed by atoms with E-state index in [-0.39, 0.29) is 11.9 Å². The van der Waals surface area contributed by atoms with Gasteiger partial charge in [0.05, 0.1) is 7.11 Å². The van der Waals surface area contributed by atoms with E-state index >= 15 is 0 Å². The van der Waals surface area contributed by atoms with E-state index in [0.29, 0.717) is 18.7 Å². The van der Waals surface area contributed by atoms with Gasteiger partial charge in [0, 0.05) is 19.2 Å². The van der Waals surface area contributed by atoms with Crippen molar-refractivity contribution in [3.63, 3.8) is 0 Å². The topological polar surface area (TPSA) is 68.3 Å². The maximum Gasteiger partial charge on any atom is 0.305 e. The summed E-state index contributed by atoms with van der Waals surface area (Å²) in [5.74, 6) is -0.334. The van der Waals surface area contributed by atoms with Crippen molar-refractivity contribution in [2.45, 2.75) is 32.6 Å². The number of ether oxygens (including phenoxy) is 1. The number of carbonyl (C=O) groups excluding carboxylic acids is 2. The van der Waals surface area contributed by atoms with Crippen molar-refractivity contribution in [3.8, 4) is 0 Å². The predicted octanol–water partition coefficient (Wildman–Crippen LogP) is 1.85. The van der Waals surface area contributed by atoms with Crippen LogP contribution in [-0.4, -0.2) is 30.5 Å². The van der Waals surface area contributed by atoms with E-state index in [1.165, 1.54) is 7.11 Å². The van der Waals surface area contributed by atoms with E-state index in [2.05, 4.69) is 15.0 Å². The van der Waals surface area contributed by atoms with E-state index in [0.717, 1.165) is 24.8 Å². The van der Waals surface area contributed by atoms with Crippen LogP contribution < -0.4 is 5.32 Å². The molecule has 0 aliphatic heterocycles. The smallest absolute Gasteiger partial charge is 0.305 e. The lowest BCUT2D eigenvalue weighted by atomic mass is 10.2. The second-order valence-corrected chi connectivity index (χ2v) is 4.31. The van der Waals surface area contributed by atoms with E-state index in [1.54, 1.807) is 12.3 Å². The average Bonchev–Trinajstić information content (AvgIpc) is 2.42. The maximum absolute atomic E-state index is 11.8. The Morgan fingerprint density at radius 3 is 2.79 bits per heavy atom. The number of pyridine rings is 1. The molecule has 5 nitrogen and oxygen atoms in total. The fourth-order valence-electron chi connectivity index (χ4n) is 1.68. The molecule has 19 heavy (non-hydrogen) atoms. The van der Waals surface area contributed by atoms with E-state index in [1.807, 2.05) is 13.0 Å². The number of esters is 1. The van der Waals surface area contributed by atoms with Crippen LogP contribution in [0.15, 0.2) is 18.3 Å². The lowest BCUT2D eigenvalue weighted by Crippen LogP contribution is -2.26. The molecule has 1 aromatic rings. The Labute approximate surface area is 113 Å². The van der Waals surface area contributed by atoms with Crippen LogP contribution in [-0.2, 0) is 9.53 Å². The highest BCUT2D eigenvalue weighted by molar-refractivity contribution is 5.93. The van der Waals surface area contributed by atoms with Crippen LogP contribution in [0.2, 0.25) is 0 Å². The second-order valence-electron chi connectivity index (χ2n) is 4.31. The van der Waals surface area contributed by atoms with Gasteiger partial charge in [0.1, 0.15) is 5.69 Å². The van der Waals surface area contributed by atoms with Gasteiger partial charge in [-0.25, -0.2) is 0 Å². The third-order valence-corrected chi connectivity index (χ3v) is 2.80. The first-order chi connectivity index (χ1) is 9.15. The van der Waals surface area contributed by atoms with E-state index < -0.39 is 0 Å². The first-order valence-electron chi connectivity index (χ1n) is 6.41. The molecule has 1 N–H and O–H groups in total. The number of aryl methyl sites for hydroxylation is 1. The van der Waals surface area contributed by atoms with Crippen LogP contribution in [0.1, 0.15) is 41.7 Å². The van der Waals surface area contributed by atoms with Crippen molar-refractivity contribution in [1.82, 2.24) is 10.3 Å². The SMILES string of the molecule is COC(=O)CCCCCNC(=O)c1ncccc1C. The third kappa shape index (κ3) is 5.50. The normalized spacial score (nSPS) is 10.0. The monoisotopic (exact) mass is 264 g/mol. The Balaban J connectivity index is 2.18. The molecule has 0 aliphatic carbocycles. The van der Waals surface area contributed by atoms with Gasteiger partial charge in [-0.3, -0.25) is 14.6 Å². The van der Waals surface area contributed by atoms with Crippen LogP contribution in [0.3, 0.4) is 0 Å². The molecule has 1 heterocycles. The summed E-state index contributed by atoms with van der Waals surface area (Å²) < 4.78 is 4.55. The van der Waals surface area contributed by atoms with Crippen molar-refractivity contribution >= 4 is 11.9 Å². The fourth-order valence-corrected chi connectivity index (χ4v) is 1.68. The Bertz CT molecular complexity index is 432. The highest BCUT2D eigenvalue weighted by Crippen LogP contribution is 2.03. The van der Waals surface area contributed by atoms with Gasteiger partial charge in [-0.1, -0.05) is 12.5 Å². The molecule has 0 saturated carbocycles. The summed E-state index contributed by atoms with van der Waals surface area (Å²) in [7, 11) is 1.39. The Kier molecular flexibility index (Phi) is 6.57. The second kappa shape index (κ2) is 8.24. The lowest BCUT2D eigenvalue weighted by molar-refractivity contribution is -0.140.